The molecule has 3 nitrogen and oxygen atoms in total. The minimum Gasteiger partial charge on any atom is -0.385 e. The van der Waals surface area contributed by atoms with E-state index in [2.05, 4.69) is 5.10 Å². The standard InChI is InChI=1S/C14H15FN2O/c1-17-9-10(8-16-17)7-14(18)5-4-11-6-12(15)2-3-13(11)14/h2-3,6,8-9,18H,4-5,7H2,1H3. The Hall–Kier alpha value is -1.68. The lowest BCUT2D eigenvalue weighted by Gasteiger charge is -2.23. The van der Waals surface area contributed by atoms with E-state index in [0.717, 1.165) is 23.1 Å². The van der Waals surface area contributed by atoms with Gasteiger partial charge in [-0.05, 0) is 41.7 Å². The number of aliphatic hydroxyl groups is 1. The average molecular weight is 246 g/mol. The first-order chi connectivity index (χ1) is 8.57. The van der Waals surface area contributed by atoms with Crippen LogP contribution in [0.5, 0.6) is 0 Å². The van der Waals surface area contributed by atoms with Gasteiger partial charge in [-0.3, -0.25) is 4.68 Å². The minimum atomic E-state index is -0.883. The smallest absolute Gasteiger partial charge is 0.123 e. The van der Waals surface area contributed by atoms with E-state index in [4.69, 9.17) is 0 Å². The van der Waals surface area contributed by atoms with E-state index in [1.807, 2.05) is 13.2 Å². The molecule has 1 N–H and O–H groups in total. The van der Waals surface area contributed by atoms with Crippen LogP contribution in [0, 0.1) is 5.82 Å². The van der Waals surface area contributed by atoms with Crippen LogP contribution < -0.4 is 0 Å². The van der Waals surface area contributed by atoms with Crippen LogP contribution in [0.3, 0.4) is 0 Å². The lowest BCUT2D eigenvalue weighted by molar-refractivity contribution is 0.0389. The second kappa shape index (κ2) is 3.92. The Morgan fingerprint density at radius 3 is 3.06 bits per heavy atom. The molecule has 0 bridgehead atoms. The molecule has 1 aromatic carbocycles. The summed E-state index contributed by atoms with van der Waals surface area (Å²) in [5.74, 6) is -0.237. The molecule has 0 saturated carbocycles. The summed E-state index contributed by atoms with van der Waals surface area (Å²) in [6.45, 7) is 0. The first kappa shape index (κ1) is 11.4. The van der Waals surface area contributed by atoms with Crippen molar-refractivity contribution in [2.75, 3.05) is 0 Å². The van der Waals surface area contributed by atoms with Gasteiger partial charge in [0.05, 0.1) is 11.8 Å². The Morgan fingerprint density at radius 2 is 2.33 bits per heavy atom. The van der Waals surface area contributed by atoms with Crippen molar-refractivity contribution in [3.8, 4) is 0 Å². The first-order valence-corrected chi connectivity index (χ1v) is 6.06. The lowest BCUT2D eigenvalue weighted by Crippen LogP contribution is -2.25. The van der Waals surface area contributed by atoms with Crippen LogP contribution in [0.15, 0.2) is 30.6 Å². The Labute approximate surface area is 105 Å². The van der Waals surface area contributed by atoms with Crippen molar-refractivity contribution >= 4 is 0 Å². The number of aryl methyl sites for hydroxylation is 2. The van der Waals surface area contributed by atoms with Gasteiger partial charge in [-0.2, -0.15) is 5.10 Å². The van der Waals surface area contributed by atoms with Gasteiger partial charge >= 0.3 is 0 Å². The molecule has 1 aromatic heterocycles. The molecule has 4 heteroatoms. The second-order valence-corrected chi connectivity index (χ2v) is 5.03. The highest BCUT2D eigenvalue weighted by atomic mass is 19.1. The molecule has 0 aliphatic heterocycles. The van der Waals surface area contributed by atoms with E-state index in [9.17, 15) is 9.50 Å². The van der Waals surface area contributed by atoms with Gasteiger partial charge in [0.1, 0.15) is 5.82 Å². The molecule has 1 atom stereocenters. The quantitative estimate of drug-likeness (QED) is 0.879. The molecular formula is C14H15FN2O. The third-order valence-corrected chi connectivity index (χ3v) is 3.63. The topological polar surface area (TPSA) is 38.0 Å². The van der Waals surface area contributed by atoms with Crippen LogP contribution in [0.25, 0.3) is 0 Å². The van der Waals surface area contributed by atoms with Crippen LogP contribution in [0.2, 0.25) is 0 Å². The molecule has 1 aliphatic carbocycles. The molecule has 0 fully saturated rings. The summed E-state index contributed by atoms with van der Waals surface area (Å²) in [6, 6.07) is 4.64. The highest BCUT2D eigenvalue weighted by Crippen LogP contribution is 2.39. The molecule has 0 radical (unpaired) electrons. The van der Waals surface area contributed by atoms with Gasteiger partial charge in [0, 0.05) is 19.7 Å². The predicted octanol–water partition coefficient (Wildman–Crippen LogP) is 1.94. The number of aromatic nitrogens is 2. The van der Waals surface area contributed by atoms with Crippen LogP contribution in [0.4, 0.5) is 4.39 Å². The number of halogens is 1. The number of hydrogen-bond acceptors (Lipinski definition) is 2. The first-order valence-electron chi connectivity index (χ1n) is 6.06. The number of nitrogens with zero attached hydrogens (tertiary/aromatic N) is 2. The summed E-state index contributed by atoms with van der Waals surface area (Å²) in [5, 5.41) is 14.8. The molecule has 94 valence electrons. The van der Waals surface area contributed by atoms with Crippen molar-refractivity contribution in [3.05, 3.63) is 53.1 Å². The molecule has 1 unspecified atom stereocenters. The van der Waals surface area contributed by atoms with Crippen molar-refractivity contribution in [1.82, 2.24) is 9.78 Å². The highest BCUT2D eigenvalue weighted by Gasteiger charge is 2.37. The van der Waals surface area contributed by atoms with Gasteiger partial charge in [-0.25, -0.2) is 4.39 Å². The zero-order valence-electron chi connectivity index (χ0n) is 10.2. The SMILES string of the molecule is Cn1cc(CC2(O)CCc3cc(F)ccc32)cn1. The lowest BCUT2D eigenvalue weighted by atomic mass is 9.90. The third kappa shape index (κ3) is 1.82. The number of fused-ring (bicyclic) bond motifs is 1. The Morgan fingerprint density at radius 1 is 1.50 bits per heavy atom. The summed E-state index contributed by atoms with van der Waals surface area (Å²) >= 11 is 0. The summed E-state index contributed by atoms with van der Waals surface area (Å²) in [7, 11) is 1.85. The molecule has 0 spiro atoms. The van der Waals surface area contributed by atoms with E-state index < -0.39 is 5.60 Å². The van der Waals surface area contributed by atoms with Gasteiger partial charge in [0.25, 0.3) is 0 Å². The maximum absolute atomic E-state index is 13.1. The zero-order chi connectivity index (χ0) is 12.8. The predicted molar refractivity (Wildman–Crippen MR) is 65.5 cm³/mol. The summed E-state index contributed by atoms with van der Waals surface area (Å²) in [6.07, 6.45) is 5.56. The van der Waals surface area contributed by atoms with Crippen molar-refractivity contribution in [2.45, 2.75) is 24.9 Å². The second-order valence-electron chi connectivity index (χ2n) is 5.03. The van der Waals surface area contributed by atoms with Crippen LogP contribution >= 0.6 is 0 Å². The Kier molecular flexibility index (Phi) is 2.48. The number of hydrogen-bond donors (Lipinski definition) is 1. The van der Waals surface area contributed by atoms with Crippen molar-refractivity contribution < 1.29 is 9.50 Å². The van der Waals surface area contributed by atoms with Gasteiger partial charge in [0.2, 0.25) is 0 Å². The number of benzene rings is 1. The fourth-order valence-electron chi connectivity index (χ4n) is 2.78. The fraction of sp³-hybridized carbons (Fsp3) is 0.357. The Bertz CT molecular complexity index is 593. The minimum absolute atomic E-state index is 0.237. The van der Waals surface area contributed by atoms with E-state index in [0.29, 0.717) is 12.8 Å². The zero-order valence-corrected chi connectivity index (χ0v) is 10.2. The van der Waals surface area contributed by atoms with Crippen molar-refractivity contribution in [3.63, 3.8) is 0 Å². The Balaban J connectivity index is 1.94. The van der Waals surface area contributed by atoms with E-state index in [1.165, 1.54) is 12.1 Å². The third-order valence-electron chi connectivity index (χ3n) is 3.63. The molecule has 2 aromatic rings. The molecular weight excluding hydrogens is 231 g/mol. The highest BCUT2D eigenvalue weighted by molar-refractivity contribution is 5.38. The van der Waals surface area contributed by atoms with Gasteiger partial charge in [-0.1, -0.05) is 6.07 Å². The maximum atomic E-state index is 13.1. The molecule has 3 rings (SSSR count). The molecule has 0 saturated heterocycles. The van der Waals surface area contributed by atoms with Gasteiger partial charge < -0.3 is 5.11 Å². The van der Waals surface area contributed by atoms with E-state index >= 15 is 0 Å². The van der Waals surface area contributed by atoms with Crippen LogP contribution in [-0.2, 0) is 25.5 Å². The van der Waals surface area contributed by atoms with Crippen LogP contribution in [-0.4, -0.2) is 14.9 Å². The maximum Gasteiger partial charge on any atom is 0.123 e. The summed E-state index contributed by atoms with van der Waals surface area (Å²) in [5.41, 5.74) is 1.89. The molecule has 18 heavy (non-hydrogen) atoms. The van der Waals surface area contributed by atoms with Crippen molar-refractivity contribution in [2.24, 2.45) is 7.05 Å². The largest absolute Gasteiger partial charge is 0.385 e. The fourth-order valence-corrected chi connectivity index (χ4v) is 2.78. The number of rotatable bonds is 2. The molecule has 0 amide bonds. The van der Waals surface area contributed by atoms with E-state index in [-0.39, 0.29) is 5.82 Å². The normalized spacial score (nSPS) is 22.2. The van der Waals surface area contributed by atoms with E-state index in [1.54, 1.807) is 16.9 Å². The summed E-state index contributed by atoms with van der Waals surface area (Å²) in [4.78, 5) is 0. The molecule has 1 heterocycles. The average Bonchev–Trinajstić information content (AvgIpc) is 2.84. The van der Waals surface area contributed by atoms with Crippen LogP contribution in [0.1, 0.15) is 23.1 Å². The molecule has 1 aliphatic rings. The monoisotopic (exact) mass is 246 g/mol. The van der Waals surface area contributed by atoms with Gasteiger partial charge in [0.15, 0.2) is 0 Å². The summed E-state index contributed by atoms with van der Waals surface area (Å²) < 4.78 is 14.9. The van der Waals surface area contributed by atoms with Crippen molar-refractivity contribution in [1.29, 1.82) is 0 Å². The van der Waals surface area contributed by atoms with Gasteiger partial charge in [-0.15, -0.1) is 0 Å².